The molecule has 2 aromatic carbocycles. The topological polar surface area (TPSA) is 39.7 Å². The lowest BCUT2D eigenvalue weighted by Gasteiger charge is -2.12. The highest BCUT2D eigenvalue weighted by Gasteiger charge is 2.17. The van der Waals surface area contributed by atoms with Crippen LogP contribution in [0.3, 0.4) is 0 Å². The first-order chi connectivity index (χ1) is 9.86. The minimum Gasteiger partial charge on any atom is -0.488 e. The van der Waals surface area contributed by atoms with E-state index in [4.69, 9.17) is 14.2 Å². The Morgan fingerprint density at radius 2 is 1.85 bits per heavy atom. The average Bonchev–Trinajstić information content (AvgIpc) is 2.93. The first kappa shape index (κ1) is 12.8. The van der Waals surface area contributed by atoms with Gasteiger partial charge in [-0.2, -0.15) is 0 Å². The lowest BCUT2D eigenvalue weighted by atomic mass is 10.1. The van der Waals surface area contributed by atoms with E-state index in [9.17, 15) is 0 Å². The standard InChI is InChI=1S/C16H17NO3/c1-17-9-13-7-15-16(20-11-19-15)8-14(13)18-10-12-5-3-2-4-6-12/h2-8,17H,9-11H2,1H3. The van der Waals surface area contributed by atoms with E-state index in [-0.39, 0.29) is 6.79 Å². The van der Waals surface area contributed by atoms with E-state index in [1.807, 2.05) is 49.5 Å². The monoisotopic (exact) mass is 271 g/mol. The minimum atomic E-state index is 0.274. The van der Waals surface area contributed by atoms with Gasteiger partial charge in [0, 0.05) is 18.2 Å². The average molecular weight is 271 g/mol. The smallest absolute Gasteiger partial charge is 0.231 e. The molecular weight excluding hydrogens is 254 g/mol. The molecule has 0 amide bonds. The van der Waals surface area contributed by atoms with Gasteiger partial charge in [-0.1, -0.05) is 30.3 Å². The van der Waals surface area contributed by atoms with Crippen LogP contribution >= 0.6 is 0 Å². The Hall–Kier alpha value is -2.20. The zero-order valence-electron chi connectivity index (χ0n) is 11.4. The molecule has 0 saturated heterocycles. The van der Waals surface area contributed by atoms with Gasteiger partial charge in [0.1, 0.15) is 12.4 Å². The number of rotatable bonds is 5. The molecule has 1 heterocycles. The van der Waals surface area contributed by atoms with E-state index < -0.39 is 0 Å². The number of nitrogens with one attached hydrogen (secondary N) is 1. The molecule has 1 aliphatic heterocycles. The molecule has 3 rings (SSSR count). The van der Waals surface area contributed by atoms with Crippen LogP contribution in [0.5, 0.6) is 17.2 Å². The molecule has 0 atom stereocenters. The maximum atomic E-state index is 5.93. The summed E-state index contributed by atoms with van der Waals surface area (Å²) in [6.07, 6.45) is 0. The van der Waals surface area contributed by atoms with Gasteiger partial charge in [0.2, 0.25) is 6.79 Å². The van der Waals surface area contributed by atoms with Crippen molar-refractivity contribution in [1.29, 1.82) is 0 Å². The quantitative estimate of drug-likeness (QED) is 0.907. The Bertz CT molecular complexity index is 584. The molecule has 0 spiro atoms. The predicted octanol–water partition coefficient (Wildman–Crippen LogP) is 2.71. The highest BCUT2D eigenvalue weighted by atomic mass is 16.7. The van der Waals surface area contributed by atoms with E-state index in [1.165, 1.54) is 0 Å². The fourth-order valence-corrected chi connectivity index (χ4v) is 2.16. The molecule has 0 fully saturated rings. The van der Waals surface area contributed by atoms with Gasteiger partial charge in [0.15, 0.2) is 11.5 Å². The van der Waals surface area contributed by atoms with Gasteiger partial charge in [0.25, 0.3) is 0 Å². The summed E-state index contributed by atoms with van der Waals surface area (Å²) in [7, 11) is 1.91. The van der Waals surface area contributed by atoms with Crippen molar-refractivity contribution in [2.24, 2.45) is 0 Å². The highest BCUT2D eigenvalue weighted by Crippen LogP contribution is 2.38. The first-order valence-corrected chi connectivity index (χ1v) is 6.60. The Kier molecular flexibility index (Phi) is 3.74. The zero-order chi connectivity index (χ0) is 13.8. The van der Waals surface area contributed by atoms with Crippen molar-refractivity contribution in [3.8, 4) is 17.2 Å². The van der Waals surface area contributed by atoms with E-state index >= 15 is 0 Å². The van der Waals surface area contributed by atoms with E-state index in [0.717, 1.165) is 34.9 Å². The summed E-state index contributed by atoms with van der Waals surface area (Å²) < 4.78 is 16.7. The van der Waals surface area contributed by atoms with Crippen molar-refractivity contribution < 1.29 is 14.2 Å². The lowest BCUT2D eigenvalue weighted by Crippen LogP contribution is -2.07. The van der Waals surface area contributed by atoms with Crippen LogP contribution in [0, 0.1) is 0 Å². The third kappa shape index (κ3) is 2.70. The normalized spacial score (nSPS) is 12.4. The van der Waals surface area contributed by atoms with E-state index in [2.05, 4.69) is 5.32 Å². The van der Waals surface area contributed by atoms with Crippen LogP contribution in [0.25, 0.3) is 0 Å². The Labute approximate surface area is 118 Å². The van der Waals surface area contributed by atoms with Gasteiger partial charge in [0.05, 0.1) is 0 Å². The number of benzene rings is 2. The fraction of sp³-hybridized carbons (Fsp3) is 0.250. The molecular formula is C16H17NO3. The molecule has 20 heavy (non-hydrogen) atoms. The summed E-state index contributed by atoms with van der Waals surface area (Å²) in [6, 6.07) is 14.0. The molecule has 1 N–H and O–H groups in total. The van der Waals surface area contributed by atoms with Crippen LogP contribution in [-0.4, -0.2) is 13.8 Å². The van der Waals surface area contributed by atoms with Crippen LogP contribution in [0.4, 0.5) is 0 Å². The molecule has 0 aromatic heterocycles. The molecule has 4 nitrogen and oxygen atoms in total. The zero-order valence-corrected chi connectivity index (χ0v) is 11.4. The summed E-state index contributed by atoms with van der Waals surface area (Å²) >= 11 is 0. The number of hydrogen-bond acceptors (Lipinski definition) is 4. The first-order valence-electron chi connectivity index (χ1n) is 6.60. The summed E-state index contributed by atoms with van der Waals surface area (Å²) in [5.41, 5.74) is 2.20. The van der Waals surface area contributed by atoms with Crippen molar-refractivity contribution in [2.75, 3.05) is 13.8 Å². The van der Waals surface area contributed by atoms with Gasteiger partial charge >= 0.3 is 0 Å². The molecule has 104 valence electrons. The molecule has 0 saturated carbocycles. The van der Waals surface area contributed by atoms with Crippen LogP contribution in [0.2, 0.25) is 0 Å². The van der Waals surface area contributed by atoms with Crippen LogP contribution in [0.15, 0.2) is 42.5 Å². The second-order valence-corrected chi connectivity index (χ2v) is 4.62. The summed E-state index contributed by atoms with van der Waals surface area (Å²) in [5, 5.41) is 3.14. The van der Waals surface area contributed by atoms with E-state index in [0.29, 0.717) is 6.61 Å². The molecule has 0 aliphatic carbocycles. The van der Waals surface area contributed by atoms with Gasteiger partial charge in [-0.05, 0) is 18.7 Å². The van der Waals surface area contributed by atoms with Gasteiger partial charge in [-0.25, -0.2) is 0 Å². The Morgan fingerprint density at radius 3 is 2.60 bits per heavy atom. The van der Waals surface area contributed by atoms with Crippen LogP contribution in [-0.2, 0) is 13.2 Å². The third-order valence-corrected chi connectivity index (χ3v) is 3.16. The van der Waals surface area contributed by atoms with Gasteiger partial charge in [-0.15, -0.1) is 0 Å². The molecule has 2 aromatic rings. The Balaban J connectivity index is 1.80. The second-order valence-electron chi connectivity index (χ2n) is 4.62. The molecule has 0 bridgehead atoms. The fourth-order valence-electron chi connectivity index (χ4n) is 2.16. The number of fused-ring (bicyclic) bond motifs is 1. The van der Waals surface area contributed by atoms with Crippen LogP contribution in [0.1, 0.15) is 11.1 Å². The minimum absolute atomic E-state index is 0.274. The van der Waals surface area contributed by atoms with Gasteiger partial charge in [-0.3, -0.25) is 0 Å². The van der Waals surface area contributed by atoms with E-state index in [1.54, 1.807) is 0 Å². The van der Waals surface area contributed by atoms with Crippen molar-refractivity contribution in [3.63, 3.8) is 0 Å². The van der Waals surface area contributed by atoms with Crippen molar-refractivity contribution in [1.82, 2.24) is 5.32 Å². The molecule has 0 radical (unpaired) electrons. The second kappa shape index (κ2) is 5.84. The van der Waals surface area contributed by atoms with Gasteiger partial charge < -0.3 is 19.5 Å². The molecule has 4 heteroatoms. The maximum absolute atomic E-state index is 5.93. The van der Waals surface area contributed by atoms with Crippen molar-refractivity contribution >= 4 is 0 Å². The van der Waals surface area contributed by atoms with Crippen LogP contribution < -0.4 is 19.5 Å². The Morgan fingerprint density at radius 1 is 1.10 bits per heavy atom. The SMILES string of the molecule is CNCc1cc2c(cc1OCc1ccccc1)OCO2. The molecule has 1 aliphatic rings. The highest BCUT2D eigenvalue weighted by molar-refractivity contribution is 5.51. The van der Waals surface area contributed by atoms with Crippen molar-refractivity contribution in [2.45, 2.75) is 13.2 Å². The summed E-state index contributed by atoms with van der Waals surface area (Å²) in [5.74, 6) is 2.35. The summed E-state index contributed by atoms with van der Waals surface area (Å²) in [4.78, 5) is 0. The number of ether oxygens (including phenoxy) is 3. The van der Waals surface area contributed by atoms with Crippen molar-refractivity contribution in [3.05, 3.63) is 53.6 Å². The largest absolute Gasteiger partial charge is 0.488 e. The molecule has 0 unspecified atom stereocenters. The number of hydrogen-bond donors (Lipinski definition) is 1. The predicted molar refractivity (Wildman–Crippen MR) is 76.1 cm³/mol. The third-order valence-electron chi connectivity index (χ3n) is 3.16. The lowest BCUT2D eigenvalue weighted by molar-refractivity contribution is 0.173. The maximum Gasteiger partial charge on any atom is 0.231 e. The summed E-state index contributed by atoms with van der Waals surface area (Å²) in [6.45, 7) is 1.54.